The van der Waals surface area contributed by atoms with Crippen molar-refractivity contribution >= 4 is 34.9 Å². The van der Waals surface area contributed by atoms with Gasteiger partial charge in [0.2, 0.25) is 0 Å². The number of allylic oxidation sites excluding steroid dienone is 2. The molecule has 0 spiro atoms. The van der Waals surface area contributed by atoms with Gasteiger partial charge in [-0.05, 0) is 24.5 Å². The summed E-state index contributed by atoms with van der Waals surface area (Å²) >= 11 is 7.39. The van der Waals surface area contributed by atoms with Crippen molar-refractivity contribution in [3.8, 4) is 0 Å². The van der Waals surface area contributed by atoms with Gasteiger partial charge in [-0.3, -0.25) is 9.59 Å². The summed E-state index contributed by atoms with van der Waals surface area (Å²) < 4.78 is 0. The molecule has 1 rings (SSSR count). The normalized spacial score (nSPS) is 24.2. The van der Waals surface area contributed by atoms with Crippen molar-refractivity contribution in [2.45, 2.75) is 44.8 Å². The molecule has 4 nitrogen and oxygen atoms in total. The fraction of sp³-hybridized carbons (Fsp3) is 0.647. The van der Waals surface area contributed by atoms with E-state index in [1.807, 2.05) is 11.8 Å². The summed E-state index contributed by atoms with van der Waals surface area (Å²) in [7, 11) is 0. The molecule has 0 amide bonds. The SMILES string of the molecule is CCSC(C)CC1CC(=O)C(C(=CCN=O)CC=CCl)C(=O)C1. The molecule has 0 N–H and O–H groups in total. The zero-order valence-corrected chi connectivity index (χ0v) is 15.2. The summed E-state index contributed by atoms with van der Waals surface area (Å²) in [5.41, 5.74) is 2.00. The second-order valence-corrected chi connectivity index (χ2v) is 7.77. The van der Waals surface area contributed by atoms with Gasteiger partial charge in [0.15, 0.2) is 0 Å². The quantitative estimate of drug-likeness (QED) is 0.346. The summed E-state index contributed by atoms with van der Waals surface area (Å²) in [5, 5.41) is 3.25. The minimum Gasteiger partial charge on any atom is -0.299 e. The van der Waals surface area contributed by atoms with Crippen molar-refractivity contribution in [3.63, 3.8) is 0 Å². The van der Waals surface area contributed by atoms with Crippen LogP contribution in [0.3, 0.4) is 0 Å². The standard InChI is InChI=1S/C17H24ClNO3S/c1-3-23-12(2)9-13-10-15(20)17(16(21)11-13)14(5-4-7-18)6-8-19-22/h4,6-7,12-13,17H,3,5,8-11H2,1-2H3. The van der Waals surface area contributed by atoms with Crippen molar-refractivity contribution in [1.82, 2.24) is 0 Å². The number of nitroso groups, excluding NO2 is 1. The van der Waals surface area contributed by atoms with E-state index in [0.29, 0.717) is 30.1 Å². The first-order valence-electron chi connectivity index (χ1n) is 7.93. The van der Waals surface area contributed by atoms with Crippen LogP contribution in [-0.2, 0) is 9.59 Å². The number of hydrogen-bond acceptors (Lipinski definition) is 5. The van der Waals surface area contributed by atoms with E-state index in [1.165, 1.54) is 5.54 Å². The van der Waals surface area contributed by atoms with Gasteiger partial charge in [-0.25, -0.2) is 0 Å². The third-order valence-electron chi connectivity index (χ3n) is 3.98. The molecule has 6 heteroatoms. The predicted molar refractivity (Wildman–Crippen MR) is 96.8 cm³/mol. The Kier molecular flexibility index (Phi) is 9.41. The van der Waals surface area contributed by atoms with Crippen LogP contribution in [0.4, 0.5) is 0 Å². The lowest BCUT2D eigenvalue weighted by molar-refractivity contribution is -0.135. The van der Waals surface area contributed by atoms with Crippen molar-refractivity contribution < 1.29 is 9.59 Å². The van der Waals surface area contributed by atoms with E-state index in [4.69, 9.17) is 11.6 Å². The molecule has 1 aliphatic carbocycles. The van der Waals surface area contributed by atoms with Gasteiger partial charge in [0.1, 0.15) is 11.6 Å². The van der Waals surface area contributed by atoms with Gasteiger partial charge in [0.05, 0.1) is 12.5 Å². The largest absolute Gasteiger partial charge is 0.299 e. The first kappa shape index (κ1) is 20.1. The molecule has 0 radical (unpaired) electrons. The molecule has 0 aromatic carbocycles. The Morgan fingerprint density at radius 3 is 2.57 bits per heavy atom. The van der Waals surface area contributed by atoms with Crippen LogP contribution in [0.5, 0.6) is 0 Å². The number of carbonyl (C=O) groups excluding carboxylic acids is 2. The minimum atomic E-state index is -0.727. The van der Waals surface area contributed by atoms with E-state index in [1.54, 1.807) is 12.2 Å². The smallest absolute Gasteiger partial charge is 0.147 e. The van der Waals surface area contributed by atoms with Crippen LogP contribution in [0.15, 0.2) is 28.4 Å². The monoisotopic (exact) mass is 357 g/mol. The summed E-state index contributed by atoms with van der Waals surface area (Å²) in [6, 6.07) is 0. The maximum absolute atomic E-state index is 12.5. The maximum Gasteiger partial charge on any atom is 0.147 e. The number of thioether (sulfide) groups is 1. The van der Waals surface area contributed by atoms with E-state index in [2.05, 4.69) is 19.0 Å². The van der Waals surface area contributed by atoms with Crippen LogP contribution < -0.4 is 0 Å². The lowest BCUT2D eigenvalue weighted by atomic mass is 9.74. The van der Waals surface area contributed by atoms with Gasteiger partial charge < -0.3 is 0 Å². The Balaban J connectivity index is 2.80. The number of rotatable bonds is 9. The topological polar surface area (TPSA) is 63.6 Å². The summed E-state index contributed by atoms with van der Waals surface area (Å²) in [5.74, 6) is 0.360. The third kappa shape index (κ3) is 6.60. The van der Waals surface area contributed by atoms with Gasteiger partial charge in [0.25, 0.3) is 0 Å². The number of ketones is 2. The Morgan fingerprint density at radius 2 is 2.04 bits per heavy atom. The molecule has 0 heterocycles. The van der Waals surface area contributed by atoms with Crippen LogP contribution in [0.1, 0.15) is 39.5 Å². The lowest BCUT2D eigenvalue weighted by Gasteiger charge is -2.29. The summed E-state index contributed by atoms with van der Waals surface area (Å²) in [6.45, 7) is 4.22. The zero-order valence-electron chi connectivity index (χ0n) is 13.7. The van der Waals surface area contributed by atoms with Gasteiger partial charge in [0, 0.05) is 23.6 Å². The lowest BCUT2D eigenvalue weighted by Crippen LogP contribution is -2.35. The second-order valence-electron chi connectivity index (χ2n) is 5.80. The molecule has 0 aromatic rings. The van der Waals surface area contributed by atoms with Crippen molar-refractivity contribution in [2.75, 3.05) is 12.3 Å². The molecule has 0 aliphatic heterocycles. The molecule has 1 saturated carbocycles. The van der Waals surface area contributed by atoms with Crippen LogP contribution >= 0.6 is 23.4 Å². The number of halogens is 1. The van der Waals surface area contributed by atoms with E-state index < -0.39 is 5.92 Å². The molecule has 1 atom stereocenters. The molecule has 1 unspecified atom stereocenters. The zero-order chi connectivity index (χ0) is 17.2. The highest BCUT2D eigenvalue weighted by atomic mass is 35.5. The van der Waals surface area contributed by atoms with Gasteiger partial charge in [-0.2, -0.15) is 16.7 Å². The van der Waals surface area contributed by atoms with E-state index in [0.717, 1.165) is 12.2 Å². The van der Waals surface area contributed by atoms with Crippen molar-refractivity contribution in [2.24, 2.45) is 17.0 Å². The fourth-order valence-corrected chi connectivity index (χ4v) is 4.18. The van der Waals surface area contributed by atoms with Crippen LogP contribution in [0, 0.1) is 16.7 Å². The second kappa shape index (κ2) is 10.8. The van der Waals surface area contributed by atoms with Crippen LogP contribution in [0.2, 0.25) is 0 Å². The highest BCUT2D eigenvalue weighted by Gasteiger charge is 2.37. The number of hydrogen-bond donors (Lipinski definition) is 0. The molecular formula is C17H24ClNO3S. The third-order valence-corrected chi connectivity index (χ3v) is 5.25. The Bertz CT molecular complexity index is 472. The highest BCUT2D eigenvalue weighted by molar-refractivity contribution is 7.99. The van der Waals surface area contributed by atoms with Gasteiger partial charge in [-0.1, -0.05) is 48.4 Å². The van der Waals surface area contributed by atoms with E-state index >= 15 is 0 Å². The van der Waals surface area contributed by atoms with Crippen molar-refractivity contribution in [3.05, 3.63) is 28.2 Å². The molecule has 0 saturated heterocycles. The molecule has 23 heavy (non-hydrogen) atoms. The van der Waals surface area contributed by atoms with Crippen LogP contribution in [-0.4, -0.2) is 29.1 Å². The van der Waals surface area contributed by atoms with Gasteiger partial charge in [-0.15, -0.1) is 0 Å². The maximum atomic E-state index is 12.5. The summed E-state index contributed by atoms with van der Waals surface area (Å²) in [4.78, 5) is 35.3. The number of nitrogens with zero attached hydrogens (tertiary/aromatic N) is 1. The molecule has 0 aromatic heterocycles. The molecule has 1 fully saturated rings. The average Bonchev–Trinajstić information content (AvgIpc) is 2.48. The number of Topliss-reactive ketones (excluding diaryl/α,β-unsaturated/α-hetero) is 2. The van der Waals surface area contributed by atoms with E-state index in [-0.39, 0.29) is 24.0 Å². The Labute approximate surface area is 147 Å². The van der Waals surface area contributed by atoms with E-state index in [9.17, 15) is 14.5 Å². The molecule has 1 aliphatic rings. The fourth-order valence-electron chi connectivity index (χ4n) is 3.11. The molecule has 0 bridgehead atoms. The average molecular weight is 358 g/mol. The molecule has 128 valence electrons. The summed E-state index contributed by atoms with van der Waals surface area (Å²) in [6.07, 6.45) is 5.40. The number of carbonyl (C=O) groups is 2. The Morgan fingerprint density at radius 1 is 1.39 bits per heavy atom. The van der Waals surface area contributed by atoms with Gasteiger partial charge >= 0.3 is 0 Å². The molecular weight excluding hydrogens is 334 g/mol. The van der Waals surface area contributed by atoms with Crippen molar-refractivity contribution in [1.29, 1.82) is 0 Å². The highest BCUT2D eigenvalue weighted by Crippen LogP contribution is 2.33. The van der Waals surface area contributed by atoms with Crippen LogP contribution in [0.25, 0.3) is 0 Å². The predicted octanol–water partition coefficient (Wildman–Crippen LogP) is 4.52. The first-order valence-corrected chi connectivity index (χ1v) is 9.42. The minimum absolute atomic E-state index is 0.0316. The Hall–Kier alpha value is -0.940. The first-order chi connectivity index (χ1) is 11.0.